The van der Waals surface area contributed by atoms with Crippen molar-refractivity contribution < 1.29 is 28.3 Å². The van der Waals surface area contributed by atoms with E-state index in [2.05, 4.69) is 30.1 Å². The quantitative estimate of drug-likeness (QED) is 0.156. The number of amides is 4. The minimum atomic E-state index is -0.803. The van der Waals surface area contributed by atoms with Gasteiger partial charge in [-0.15, -0.1) is 6.58 Å². The summed E-state index contributed by atoms with van der Waals surface area (Å²) in [6.07, 6.45) is 5.10. The molecule has 4 aromatic rings. The maximum Gasteiger partial charge on any atom is 0.331 e. The van der Waals surface area contributed by atoms with Crippen molar-refractivity contribution in [2.45, 2.75) is 26.5 Å². The summed E-state index contributed by atoms with van der Waals surface area (Å²) in [6, 6.07) is 20.2. The third kappa shape index (κ3) is 5.51. The number of furan rings is 1. The van der Waals surface area contributed by atoms with Crippen LogP contribution in [0.5, 0.6) is 11.5 Å². The topological polar surface area (TPSA) is 98.1 Å². The molecule has 8 heteroatoms. The summed E-state index contributed by atoms with van der Waals surface area (Å²) in [5.41, 5.74) is 2.17. The highest BCUT2D eigenvalue weighted by Gasteiger charge is 2.36. The number of benzene rings is 3. The molecule has 0 bridgehead atoms. The number of fused-ring (bicyclic) bond motifs is 1. The lowest BCUT2D eigenvalue weighted by molar-refractivity contribution is -0.130. The fourth-order valence-electron chi connectivity index (χ4n) is 4.63. The van der Waals surface area contributed by atoms with E-state index in [1.165, 1.54) is 12.3 Å². The smallest absolute Gasteiger partial charge is 0.331 e. The van der Waals surface area contributed by atoms with E-state index < -0.39 is 17.8 Å². The molecule has 5 rings (SSSR count). The molecule has 0 aliphatic carbocycles. The molecule has 202 valence electrons. The van der Waals surface area contributed by atoms with E-state index in [-0.39, 0.29) is 12.1 Å². The molecule has 0 radical (unpaired) electrons. The summed E-state index contributed by atoms with van der Waals surface area (Å²) in [4.78, 5) is 39.2. The van der Waals surface area contributed by atoms with Gasteiger partial charge >= 0.3 is 6.03 Å². The Kier molecular flexibility index (Phi) is 7.77. The van der Waals surface area contributed by atoms with Crippen molar-refractivity contribution in [2.75, 3.05) is 6.61 Å². The van der Waals surface area contributed by atoms with Gasteiger partial charge in [0.1, 0.15) is 17.9 Å². The van der Waals surface area contributed by atoms with Gasteiger partial charge in [0.05, 0.1) is 19.4 Å². The summed E-state index contributed by atoms with van der Waals surface area (Å²) >= 11 is 0. The zero-order valence-electron chi connectivity index (χ0n) is 22.0. The second-order valence-corrected chi connectivity index (χ2v) is 9.15. The van der Waals surface area contributed by atoms with Crippen LogP contribution in [0.3, 0.4) is 0 Å². The maximum absolute atomic E-state index is 13.2. The van der Waals surface area contributed by atoms with E-state index in [0.717, 1.165) is 26.8 Å². The van der Waals surface area contributed by atoms with Crippen LogP contribution in [0.1, 0.15) is 29.4 Å². The molecule has 1 fully saturated rings. The first-order chi connectivity index (χ1) is 19.5. The molecular weight excluding hydrogens is 508 g/mol. The minimum Gasteiger partial charge on any atom is -0.490 e. The van der Waals surface area contributed by atoms with Crippen LogP contribution < -0.4 is 14.8 Å². The fourth-order valence-corrected chi connectivity index (χ4v) is 4.63. The number of allylic oxidation sites excluding steroid dienone is 1. The number of ether oxygens (including phenoxy) is 2. The number of carbonyl (C=O) groups is 3. The molecular formula is C32H28N2O6. The molecule has 0 unspecified atom stereocenters. The molecule has 3 aromatic carbocycles. The van der Waals surface area contributed by atoms with E-state index in [1.54, 1.807) is 24.3 Å². The first-order valence-corrected chi connectivity index (χ1v) is 12.9. The first kappa shape index (κ1) is 26.5. The molecule has 4 amide bonds. The van der Waals surface area contributed by atoms with Crippen LogP contribution in [-0.2, 0) is 29.2 Å². The Hall–Kier alpha value is -5.11. The number of urea groups is 1. The van der Waals surface area contributed by atoms with E-state index in [4.69, 9.17) is 13.9 Å². The van der Waals surface area contributed by atoms with Crippen LogP contribution in [0.15, 0.2) is 95.6 Å². The number of carbonyl (C=O) groups excluding carboxylic acids is 3. The van der Waals surface area contributed by atoms with Gasteiger partial charge in [0, 0.05) is 5.56 Å². The Balaban J connectivity index is 1.48. The van der Waals surface area contributed by atoms with Crippen molar-refractivity contribution in [1.29, 1.82) is 0 Å². The van der Waals surface area contributed by atoms with Crippen LogP contribution in [0.2, 0.25) is 0 Å². The minimum absolute atomic E-state index is 0.102. The van der Waals surface area contributed by atoms with Gasteiger partial charge in [-0.3, -0.25) is 19.8 Å². The third-order valence-electron chi connectivity index (χ3n) is 6.46. The standard InChI is InChI=1S/C32H28N2O6/c1-3-9-23-16-21(17-27-30(35)33-32(37)34(31(27)36)19-25-13-8-15-39-25)18-28(38-4-2)29(23)40-20-24-12-7-11-22-10-5-6-14-26(22)24/h3,5-8,10-18H,1,4,9,19-20H2,2H3,(H,33,35,37)/b27-17+. The molecule has 1 aromatic heterocycles. The average Bonchev–Trinajstić information content (AvgIpc) is 3.47. The lowest BCUT2D eigenvalue weighted by atomic mass is 10.0. The normalized spacial score (nSPS) is 14.5. The zero-order chi connectivity index (χ0) is 28.1. The summed E-state index contributed by atoms with van der Waals surface area (Å²) in [5, 5.41) is 4.46. The Morgan fingerprint density at radius 1 is 0.975 bits per heavy atom. The number of imide groups is 2. The highest BCUT2D eigenvalue weighted by molar-refractivity contribution is 6.31. The molecule has 0 saturated carbocycles. The van der Waals surface area contributed by atoms with Gasteiger partial charge in [0.25, 0.3) is 11.8 Å². The molecule has 2 heterocycles. The molecule has 0 spiro atoms. The lowest BCUT2D eigenvalue weighted by Gasteiger charge is -2.25. The number of rotatable bonds is 10. The SMILES string of the molecule is C=CCc1cc(/C=C2\C(=O)NC(=O)N(Cc3ccco3)C2=O)cc(OCC)c1OCc1cccc2ccccc12. The van der Waals surface area contributed by atoms with Crippen molar-refractivity contribution >= 4 is 34.7 Å². The Bertz CT molecular complexity index is 1610. The summed E-state index contributed by atoms with van der Waals surface area (Å²) in [7, 11) is 0. The van der Waals surface area contributed by atoms with Crippen LogP contribution in [-0.4, -0.2) is 29.4 Å². The number of barbiturate groups is 1. The highest BCUT2D eigenvalue weighted by Crippen LogP contribution is 2.36. The molecule has 1 aliphatic rings. The van der Waals surface area contributed by atoms with Gasteiger partial charge in [-0.2, -0.15) is 0 Å². The van der Waals surface area contributed by atoms with Gasteiger partial charge in [0.2, 0.25) is 0 Å². The average molecular weight is 537 g/mol. The largest absolute Gasteiger partial charge is 0.490 e. The second kappa shape index (κ2) is 11.7. The van der Waals surface area contributed by atoms with E-state index in [9.17, 15) is 14.4 Å². The monoisotopic (exact) mass is 536 g/mol. The van der Waals surface area contributed by atoms with Gasteiger partial charge < -0.3 is 13.9 Å². The van der Waals surface area contributed by atoms with E-state index >= 15 is 0 Å². The summed E-state index contributed by atoms with van der Waals surface area (Å²) < 4.78 is 17.6. The van der Waals surface area contributed by atoms with Gasteiger partial charge in [0.15, 0.2) is 11.5 Å². The molecule has 1 saturated heterocycles. The van der Waals surface area contributed by atoms with Gasteiger partial charge in [-0.1, -0.05) is 48.5 Å². The number of nitrogens with zero attached hydrogens (tertiary/aromatic N) is 1. The van der Waals surface area contributed by atoms with Gasteiger partial charge in [-0.05, 0) is 65.6 Å². The molecule has 1 aliphatic heterocycles. The lowest BCUT2D eigenvalue weighted by Crippen LogP contribution is -2.53. The molecule has 8 nitrogen and oxygen atoms in total. The molecule has 0 atom stereocenters. The number of hydrogen-bond donors (Lipinski definition) is 1. The third-order valence-corrected chi connectivity index (χ3v) is 6.46. The van der Waals surface area contributed by atoms with Crippen molar-refractivity contribution in [1.82, 2.24) is 10.2 Å². The fraction of sp³-hybridized carbons (Fsp3) is 0.156. The van der Waals surface area contributed by atoms with Crippen molar-refractivity contribution in [3.8, 4) is 11.5 Å². The Morgan fingerprint density at radius 2 is 1.80 bits per heavy atom. The first-order valence-electron chi connectivity index (χ1n) is 12.9. The number of nitrogens with one attached hydrogen (secondary N) is 1. The predicted octanol–water partition coefficient (Wildman–Crippen LogP) is 5.80. The number of hydrogen-bond acceptors (Lipinski definition) is 6. The zero-order valence-corrected chi connectivity index (χ0v) is 22.0. The van der Waals surface area contributed by atoms with Crippen LogP contribution in [0.25, 0.3) is 16.8 Å². The Labute approximate surface area is 231 Å². The second-order valence-electron chi connectivity index (χ2n) is 9.15. The van der Waals surface area contributed by atoms with Crippen molar-refractivity contribution in [2.24, 2.45) is 0 Å². The van der Waals surface area contributed by atoms with Gasteiger partial charge in [-0.25, -0.2) is 4.79 Å². The van der Waals surface area contributed by atoms with Crippen LogP contribution in [0, 0.1) is 0 Å². The maximum atomic E-state index is 13.2. The summed E-state index contributed by atoms with van der Waals surface area (Å²) in [5.74, 6) is -0.0429. The van der Waals surface area contributed by atoms with Crippen molar-refractivity contribution in [3.63, 3.8) is 0 Å². The Morgan fingerprint density at radius 3 is 2.58 bits per heavy atom. The highest BCUT2D eigenvalue weighted by atomic mass is 16.5. The predicted molar refractivity (Wildman–Crippen MR) is 151 cm³/mol. The molecule has 40 heavy (non-hydrogen) atoms. The summed E-state index contributed by atoms with van der Waals surface area (Å²) in [6.45, 7) is 6.33. The van der Waals surface area contributed by atoms with Crippen LogP contribution in [0.4, 0.5) is 4.79 Å². The molecule has 1 N–H and O–H groups in total. The van der Waals surface area contributed by atoms with E-state index in [0.29, 0.717) is 42.5 Å². The van der Waals surface area contributed by atoms with Crippen LogP contribution >= 0.6 is 0 Å². The van der Waals surface area contributed by atoms with Crippen molar-refractivity contribution in [3.05, 3.63) is 114 Å². The van der Waals surface area contributed by atoms with E-state index in [1.807, 2.05) is 37.3 Å².